The van der Waals surface area contributed by atoms with Crippen LogP contribution in [0.4, 0.5) is 5.69 Å². The largest absolute Gasteiger partial charge is 0.452 e. The molecular formula is C25H22N2O3. The molecule has 30 heavy (non-hydrogen) atoms. The van der Waals surface area contributed by atoms with Crippen LogP contribution in [0.25, 0.3) is 11.1 Å². The molecule has 5 heteroatoms. The molecule has 0 saturated heterocycles. The quantitative estimate of drug-likeness (QED) is 0.600. The van der Waals surface area contributed by atoms with E-state index in [1.165, 1.54) is 0 Å². The van der Waals surface area contributed by atoms with Crippen LogP contribution in [0.5, 0.6) is 0 Å². The first-order valence-corrected chi connectivity index (χ1v) is 9.69. The van der Waals surface area contributed by atoms with Gasteiger partial charge in [-0.3, -0.25) is 4.79 Å². The number of hydrogen-bond donors (Lipinski definition) is 1. The Kier molecular flexibility index (Phi) is 6.61. The molecule has 3 aromatic carbocycles. The summed E-state index contributed by atoms with van der Waals surface area (Å²) in [5, 5.41) is 12.2. The number of ether oxygens (including phenoxy) is 1. The van der Waals surface area contributed by atoms with Gasteiger partial charge in [0.2, 0.25) is 0 Å². The number of carbonyl (C=O) groups is 2. The summed E-state index contributed by atoms with van der Waals surface area (Å²) in [7, 11) is 0. The van der Waals surface area contributed by atoms with Crippen molar-refractivity contribution in [1.29, 1.82) is 5.26 Å². The minimum Gasteiger partial charge on any atom is -0.452 e. The van der Waals surface area contributed by atoms with Crippen molar-refractivity contribution in [1.82, 2.24) is 0 Å². The average molecular weight is 398 g/mol. The van der Waals surface area contributed by atoms with Gasteiger partial charge < -0.3 is 10.1 Å². The van der Waals surface area contributed by atoms with Crippen molar-refractivity contribution in [2.24, 2.45) is 0 Å². The number of carbonyl (C=O) groups excluding carboxylic acids is 2. The Bertz CT molecular complexity index is 1130. The third-order valence-electron chi connectivity index (χ3n) is 4.82. The zero-order chi connectivity index (χ0) is 21.5. The standard InChI is InChI=1S/C25H22N2O3/c1-3-18-11-8-9-17(2)24(18)27-23(28)16-30-25(29)22-14-7-6-13-21(22)20-12-5-4-10-19(20)15-26/h4-14H,3,16H2,1-2H3,(H,27,28). The van der Waals surface area contributed by atoms with Gasteiger partial charge in [0.05, 0.1) is 17.2 Å². The van der Waals surface area contributed by atoms with E-state index in [9.17, 15) is 14.9 Å². The van der Waals surface area contributed by atoms with Crippen LogP contribution in [-0.4, -0.2) is 18.5 Å². The van der Waals surface area contributed by atoms with Crippen LogP contribution in [0.15, 0.2) is 66.7 Å². The van der Waals surface area contributed by atoms with Crippen LogP contribution in [0.3, 0.4) is 0 Å². The lowest BCUT2D eigenvalue weighted by Crippen LogP contribution is -2.22. The molecule has 3 aromatic rings. The maximum Gasteiger partial charge on any atom is 0.339 e. The van der Waals surface area contributed by atoms with Crippen molar-refractivity contribution in [2.45, 2.75) is 20.3 Å². The Balaban J connectivity index is 1.75. The van der Waals surface area contributed by atoms with Gasteiger partial charge in [-0.15, -0.1) is 0 Å². The van der Waals surface area contributed by atoms with E-state index in [4.69, 9.17) is 4.74 Å². The third-order valence-corrected chi connectivity index (χ3v) is 4.82. The Morgan fingerprint density at radius 3 is 2.40 bits per heavy atom. The molecule has 5 nitrogen and oxygen atoms in total. The van der Waals surface area contributed by atoms with Crippen LogP contribution in [-0.2, 0) is 16.0 Å². The van der Waals surface area contributed by atoms with E-state index in [0.29, 0.717) is 22.3 Å². The van der Waals surface area contributed by atoms with Crippen LogP contribution in [0, 0.1) is 18.3 Å². The van der Waals surface area contributed by atoms with Crippen molar-refractivity contribution >= 4 is 17.6 Å². The first kappa shape index (κ1) is 20.8. The molecule has 0 aliphatic heterocycles. The van der Waals surface area contributed by atoms with Crippen LogP contribution in [0.2, 0.25) is 0 Å². The average Bonchev–Trinajstić information content (AvgIpc) is 2.78. The highest BCUT2D eigenvalue weighted by Crippen LogP contribution is 2.27. The topological polar surface area (TPSA) is 79.2 Å². The highest BCUT2D eigenvalue weighted by molar-refractivity contribution is 6.00. The normalized spacial score (nSPS) is 10.2. The number of amides is 1. The van der Waals surface area contributed by atoms with E-state index in [-0.39, 0.29) is 0 Å². The highest BCUT2D eigenvalue weighted by Gasteiger charge is 2.17. The Hall–Kier alpha value is -3.91. The van der Waals surface area contributed by atoms with Gasteiger partial charge in [0.15, 0.2) is 6.61 Å². The SMILES string of the molecule is CCc1cccc(C)c1NC(=O)COC(=O)c1ccccc1-c1ccccc1C#N. The lowest BCUT2D eigenvalue weighted by molar-refractivity contribution is -0.119. The zero-order valence-electron chi connectivity index (χ0n) is 16.9. The van der Waals surface area contributed by atoms with Crippen molar-refractivity contribution in [3.05, 3.63) is 89.0 Å². The second kappa shape index (κ2) is 9.53. The molecule has 0 spiro atoms. The summed E-state index contributed by atoms with van der Waals surface area (Å²) in [5.74, 6) is -1.02. The molecule has 0 aromatic heterocycles. The molecule has 0 unspecified atom stereocenters. The Morgan fingerprint density at radius 1 is 0.967 bits per heavy atom. The van der Waals surface area contributed by atoms with Gasteiger partial charge in [-0.25, -0.2) is 4.79 Å². The number of para-hydroxylation sites is 1. The predicted molar refractivity (Wildman–Crippen MR) is 116 cm³/mol. The minimum absolute atomic E-state index is 0.304. The van der Waals surface area contributed by atoms with E-state index in [0.717, 1.165) is 23.2 Å². The Morgan fingerprint density at radius 2 is 1.67 bits per heavy atom. The summed E-state index contributed by atoms with van der Waals surface area (Å²) in [6.07, 6.45) is 0.781. The molecule has 3 rings (SSSR count). The lowest BCUT2D eigenvalue weighted by atomic mass is 9.96. The zero-order valence-corrected chi connectivity index (χ0v) is 16.9. The van der Waals surface area contributed by atoms with Crippen molar-refractivity contribution in [3.8, 4) is 17.2 Å². The molecule has 0 radical (unpaired) electrons. The van der Waals surface area contributed by atoms with E-state index in [1.807, 2.05) is 32.0 Å². The molecule has 0 saturated carbocycles. The molecule has 0 aliphatic carbocycles. The molecular weight excluding hydrogens is 376 g/mol. The van der Waals surface area contributed by atoms with Crippen LogP contribution < -0.4 is 5.32 Å². The van der Waals surface area contributed by atoms with E-state index in [1.54, 1.807) is 48.5 Å². The fourth-order valence-corrected chi connectivity index (χ4v) is 3.30. The third kappa shape index (κ3) is 4.56. The van der Waals surface area contributed by atoms with Gasteiger partial charge in [-0.05, 0) is 42.2 Å². The smallest absolute Gasteiger partial charge is 0.339 e. The summed E-state index contributed by atoms with van der Waals surface area (Å²) < 4.78 is 5.28. The summed E-state index contributed by atoms with van der Waals surface area (Å²) in [4.78, 5) is 25.1. The second-order valence-corrected chi connectivity index (χ2v) is 6.79. The fourth-order valence-electron chi connectivity index (χ4n) is 3.30. The van der Waals surface area contributed by atoms with Crippen molar-refractivity contribution < 1.29 is 14.3 Å². The van der Waals surface area contributed by atoms with E-state index >= 15 is 0 Å². The monoisotopic (exact) mass is 398 g/mol. The Labute approximate surface area is 175 Å². The highest BCUT2D eigenvalue weighted by atomic mass is 16.5. The molecule has 0 fully saturated rings. The van der Waals surface area contributed by atoms with E-state index < -0.39 is 18.5 Å². The van der Waals surface area contributed by atoms with Gasteiger partial charge in [0.1, 0.15) is 0 Å². The fraction of sp³-hybridized carbons (Fsp3) is 0.160. The van der Waals surface area contributed by atoms with Gasteiger partial charge in [-0.1, -0.05) is 61.5 Å². The number of benzene rings is 3. The van der Waals surface area contributed by atoms with Crippen LogP contribution >= 0.6 is 0 Å². The van der Waals surface area contributed by atoms with Gasteiger partial charge in [0, 0.05) is 11.3 Å². The molecule has 0 atom stereocenters. The van der Waals surface area contributed by atoms with Gasteiger partial charge in [0.25, 0.3) is 5.91 Å². The minimum atomic E-state index is -0.617. The summed E-state index contributed by atoms with van der Waals surface area (Å²) in [5.41, 5.74) is 4.72. The number of nitrogens with one attached hydrogen (secondary N) is 1. The number of aryl methyl sites for hydroxylation is 2. The summed E-state index contributed by atoms with van der Waals surface area (Å²) in [6.45, 7) is 3.54. The number of nitrogens with zero attached hydrogens (tertiary/aromatic N) is 1. The molecule has 1 N–H and O–H groups in total. The predicted octanol–water partition coefficient (Wildman–Crippen LogP) is 4.89. The molecule has 0 aliphatic rings. The first-order valence-electron chi connectivity index (χ1n) is 9.69. The first-order chi connectivity index (χ1) is 14.5. The molecule has 0 heterocycles. The van der Waals surface area contributed by atoms with Crippen molar-refractivity contribution in [3.63, 3.8) is 0 Å². The van der Waals surface area contributed by atoms with Gasteiger partial charge in [-0.2, -0.15) is 5.26 Å². The van der Waals surface area contributed by atoms with E-state index in [2.05, 4.69) is 11.4 Å². The maximum atomic E-state index is 12.7. The summed E-state index contributed by atoms with van der Waals surface area (Å²) in [6, 6.07) is 21.9. The summed E-state index contributed by atoms with van der Waals surface area (Å²) >= 11 is 0. The molecule has 0 bridgehead atoms. The lowest BCUT2D eigenvalue weighted by Gasteiger charge is -2.14. The van der Waals surface area contributed by atoms with Gasteiger partial charge >= 0.3 is 5.97 Å². The van der Waals surface area contributed by atoms with Crippen molar-refractivity contribution in [2.75, 3.05) is 11.9 Å². The number of anilines is 1. The number of nitriles is 1. The molecule has 150 valence electrons. The van der Waals surface area contributed by atoms with Crippen LogP contribution in [0.1, 0.15) is 34.0 Å². The number of rotatable bonds is 6. The maximum absolute atomic E-state index is 12.7. The second-order valence-electron chi connectivity index (χ2n) is 6.79. The number of hydrogen-bond acceptors (Lipinski definition) is 4. The number of esters is 1. The molecule has 1 amide bonds.